The van der Waals surface area contributed by atoms with Crippen LogP contribution in [0.5, 0.6) is 5.75 Å². The fourth-order valence-electron chi connectivity index (χ4n) is 3.96. The van der Waals surface area contributed by atoms with E-state index in [1.165, 1.54) is 19.2 Å². The lowest BCUT2D eigenvalue weighted by atomic mass is 9.95. The smallest absolute Gasteiger partial charge is 0.326 e. The normalized spacial score (nSPS) is 11.5. The largest absolute Gasteiger partial charge is 0.496 e. The highest BCUT2D eigenvalue weighted by atomic mass is 35.5. The van der Waals surface area contributed by atoms with E-state index in [9.17, 15) is 19.1 Å². The molecule has 36 heavy (non-hydrogen) atoms. The van der Waals surface area contributed by atoms with Crippen molar-refractivity contribution in [1.29, 1.82) is 0 Å². The molecular formula is C27H19ClFN3O4. The number of halogens is 2. The zero-order valence-electron chi connectivity index (χ0n) is 19.0. The number of pyridine rings is 1. The van der Waals surface area contributed by atoms with Crippen molar-refractivity contribution >= 4 is 40.1 Å². The lowest BCUT2D eigenvalue weighted by Crippen LogP contribution is -2.42. The van der Waals surface area contributed by atoms with Gasteiger partial charge in [-0.1, -0.05) is 48.0 Å². The van der Waals surface area contributed by atoms with Gasteiger partial charge in [0.1, 0.15) is 23.2 Å². The summed E-state index contributed by atoms with van der Waals surface area (Å²) in [7, 11) is 1.29. The van der Waals surface area contributed by atoms with E-state index in [2.05, 4.69) is 15.1 Å². The molecule has 1 heterocycles. The molecule has 4 rings (SSSR count). The Morgan fingerprint density at radius 1 is 1.17 bits per heavy atom. The first kappa shape index (κ1) is 24.6. The molecule has 7 nitrogen and oxygen atoms in total. The summed E-state index contributed by atoms with van der Waals surface area (Å²) >= 11 is 6.42. The van der Waals surface area contributed by atoms with Crippen LogP contribution in [0.4, 0.5) is 10.1 Å². The summed E-state index contributed by atoms with van der Waals surface area (Å²) in [5, 5.41) is 13.3. The highest BCUT2D eigenvalue weighted by Crippen LogP contribution is 2.36. The molecule has 0 unspecified atom stereocenters. The maximum absolute atomic E-state index is 14.3. The first-order chi connectivity index (χ1) is 17.3. The molecule has 1 amide bonds. The summed E-state index contributed by atoms with van der Waals surface area (Å²) in [6.07, 6.45) is 1.53. The first-order valence-electron chi connectivity index (χ1n) is 10.7. The third-order valence-electron chi connectivity index (χ3n) is 5.68. The minimum atomic E-state index is -1.35. The number of carbonyl (C=O) groups excluding carboxylic acids is 1. The number of carboxylic acids is 1. The Morgan fingerprint density at radius 3 is 2.64 bits per heavy atom. The maximum atomic E-state index is 14.3. The van der Waals surface area contributed by atoms with Crippen molar-refractivity contribution in [3.8, 4) is 16.9 Å². The van der Waals surface area contributed by atoms with Gasteiger partial charge in [0.25, 0.3) is 5.91 Å². The Balaban J connectivity index is 1.70. The van der Waals surface area contributed by atoms with E-state index in [4.69, 9.17) is 22.9 Å². The summed E-state index contributed by atoms with van der Waals surface area (Å²) in [4.78, 5) is 32.7. The molecule has 0 saturated heterocycles. The van der Waals surface area contributed by atoms with E-state index < -0.39 is 23.7 Å². The van der Waals surface area contributed by atoms with Crippen LogP contribution in [-0.4, -0.2) is 35.1 Å². The van der Waals surface area contributed by atoms with Crippen molar-refractivity contribution in [1.82, 2.24) is 10.3 Å². The second-order valence-electron chi connectivity index (χ2n) is 7.83. The average Bonchev–Trinajstić information content (AvgIpc) is 2.88. The van der Waals surface area contributed by atoms with Gasteiger partial charge in [-0.05, 0) is 35.4 Å². The molecule has 180 valence electrons. The summed E-state index contributed by atoms with van der Waals surface area (Å²) < 4.78 is 19.4. The molecule has 4 aromatic rings. The minimum Gasteiger partial charge on any atom is -0.496 e. The quantitative estimate of drug-likeness (QED) is 0.316. The van der Waals surface area contributed by atoms with Gasteiger partial charge in [0.2, 0.25) is 0 Å². The summed E-state index contributed by atoms with van der Waals surface area (Å²) in [5.74, 6) is -3.01. The Kier molecular flexibility index (Phi) is 7.13. The number of ether oxygens (including phenoxy) is 1. The molecule has 0 radical (unpaired) electrons. The number of rotatable bonds is 7. The molecule has 0 aliphatic carbocycles. The average molecular weight is 504 g/mol. The number of aromatic nitrogens is 1. The van der Waals surface area contributed by atoms with E-state index in [1.54, 1.807) is 48.7 Å². The van der Waals surface area contributed by atoms with Crippen LogP contribution in [0.3, 0.4) is 0 Å². The Hall–Kier alpha value is -4.48. The van der Waals surface area contributed by atoms with Crippen LogP contribution >= 0.6 is 11.6 Å². The minimum absolute atomic E-state index is 0.00300. The van der Waals surface area contributed by atoms with E-state index in [1.807, 2.05) is 0 Å². The number of nitrogens with one attached hydrogen (secondary N) is 1. The molecule has 0 fully saturated rings. The first-order valence-corrected chi connectivity index (χ1v) is 11.1. The van der Waals surface area contributed by atoms with Crippen LogP contribution in [0.15, 0.2) is 66.9 Å². The molecule has 2 N–H and O–H groups in total. The van der Waals surface area contributed by atoms with Gasteiger partial charge in [-0.3, -0.25) is 9.78 Å². The van der Waals surface area contributed by atoms with E-state index in [-0.39, 0.29) is 17.7 Å². The number of fused-ring (bicyclic) bond motifs is 1. The Labute approximate surface area is 210 Å². The molecule has 1 aromatic heterocycles. The van der Waals surface area contributed by atoms with Gasteiger partial charge in [-0.25, -0.2) is 14.0 Å². The monoisotopic (exact) mass is 503 g/mol. The van der Waals surface area contributed by atoms with Crippen LogP contribution in [-0.2, 0) is 11.2 Å². The van der Waals surface area contributed by atoms with Gasteiger partial charge in [-0.15, -0.1) is 0 Å². The van der Waals surface area contributed by atoms with Gasteiger partial charge in [0.15, 0.2) is 5.69 Å². The number of amides is 1. The predicted molar refractivity (Wildman–Crippen MR) is 134 cm³/mol. The number of aliphatic carboxylic acids is 1. The molecule has 0 spiro atoms. The highest BCUT2D eigenvalue weighted by molar-refractivity contribution is 6.34. The molecule has 9 heteroatoms. The lowest BCUT2D eigenvalue weighted by Gasteiger charge is -2.18. The van der Waals surface area contributed by atoms with Crippen LogP contribution in [0, 0.1) is 12.4 Å². The second kappa shape index (κ2) is 10.4. The highest BCUT2D eigenvalue weighted by Gasteiger charge is 2.26. The Morgan fingerprint density at radius 2 is 1.94 bits per heavy atom. The van der Waals surface area contributed by atoms with Crippen molar-refractivity contribution in [3.05, 3.63) is 100 Å². The summed E-state index contributed by atoms with van der Waals surface area (Å²) in [6.45, 7) is 7.16. The van der Waals surface area contributed by atoms with Crippen molar-refractivity contribution in [2.75, 3.05) is 7.11 Å². The number of methoxy groups -OCH3 is 1. The summed E-state index contributed by atoms with van der Waals surface area (Å²) in [6, 6.07) is 14.5. The molecule has 3 aromatic carbocycles. The van der Waals surface area contributed by atoms with E-state index >= 15 is 0 Å². The topological polar surface area (TPSA) is 92.9 Å². The van der Waals surface area contributed by atoms with Crippen molar-refractivity contribution in [2.24, 2.45) is 0 Å². The summed E-state index contributed by atoms with van der Waals surface area (Å²) in [5.41, 5.74) is 2.62. The maximum Gasteiger partial charge on any atom is 0.326 e. The number of nitrogens with zero attached hydrogens (tertiary/aromatic N) is 2. The molecule has 0 bridgehead atoms. The fraction of sp³-hybridized carbons (Fsp3) is 0.111. The van der Waals surface area contributed by atoms with Crippen LogP contribution in [0.1, 0.15) is 15.9 Å². The number of hydrogen-bond donors (Lipinski definition) is 2. The molecule has 0 saturated carbocycles. The second-order valence-corrected chi connectivity index (χ2v) is 8.24. The van der Waals surface area contributed by atoms with Crippen LogP contribution < -0.4 is 10.1 Å². The number of carboxylic acid groups (broad SMARTS) is 1. The molecule has 1 atom stereocenters. The molecule has 0 aliphatic rings. The number of carbonyl (C=O) groups is 2. The SMILES string of the molecule is [C-]#[N+]c1ccc(-c2ccc(C[C@H](NC(=O)c3c(F)cccc3OC)C(=O)O)c3cccnc23)c(Cl)c1. The van der Waals surface area contributed by atoms with Gasteiger partial charge < -0.3 is 15.2 Å². The van der Waals surface area contributed by atoms with Crippen LogP contribution in [0.25, 0.3) is 26.9 Å². The lowest BCUT2D eigenvalue weighted by molar-refractivity contribution is -0.139. The zero-order chi connectivity index (χ0) is 25.8. The van der Waals surface area contributed by atoms with Gasteiger partial charge in [0.05, 0.1) is 19.2 Å². The van der Waals surface area contributed by atoms with Gasteiger partial charge >= 0.3 is 5.97 Å². The predicted octanol–water partition coefficient (Wildman–Crippen LogP) is 5.68. The van der Waals surface area contributed by atoms with Gasteiger partial charge in [0, 0.05) is 28.6 Å². The van der Waals surface area contributed by atoms with Crippen molar-refractivity contribution in [2.45, 2.75) is 12.5 Å². The fourth-order valence-corrected chi connectivity index (χ4v) is 4.24. The van der Waals surface area contributed by atoms with Crippen molar-refractivity contribution in [3.63, 3.8) is 0 Å². The van der Waals surface area contributed by atoms with Crippen LogP contribution in [0.2, 0.25) is 5.02 Å². The third kappa shape index (κ3) is 4.83. The third-order valence-corrected chi connectivity index (χ3v) is 5.99. The van der Waals surface area contributed by atoms with Gasteiger partial charge in [-0.2, -0.15) is 0 Å². The van der Waals surface area contributed by atoms with Crippen molar-refractivity contribution < 1.29 is 23.8 Å². The van der Waals surface area contributed by atoms with E-state index in [0.29, 0.717) is 38.3 Å². The van der Waals surface area contributed by atoms with E-state index in [0.717, 1.165) is 6.07 Å². The number of benzene rings is 3. The zero-order valence-corrected chi connectivity index (χ0v) is 19.7. The standard InChI is InChI=1S/C27H19ClFN3O4/c1-30-16-9-11-18(20(28)14-16)19-10-8-15(17-5-4-12-31-25(17)19)13-22(27(34)35)32-26(33)24-21(29)6-3-7-23(24)36-2/h3-12,14,22H,13H2,2H3,(H,32,33)(H,34,35)/t22-/m0/s1. The number of hydrogen-bond acceptors (Lipinski definition) is 4. The molecule has 0 aliphatic heterocycles. The molecular weight excluding hydrogens is 485 g/mol. The Bertz CT molecular complexity index is 1530.